The summed E-state index contributed by atoms with van der Waals surface area (Å²) >= 11 is 0. The Morgan fingerprint density at radius 1 is 0.481 bits per heavy atom. The largest absolute Gasteiger partial charge is 0.457 e. The minimum Gasteiger partial charge on any atom is -0.457 e. The second kappa shape index (κ2) is 11.5. The third-order valence-corrected chi connectivity index (χ3v) is 10.8. The molecular formula is C48H32N2O2. The number of hydrogen-bond donors (Lipinski definition) is 2. The predicted octanol–water partition coefficient (Wildman–Crippen LogP) is 11.9. The van der Waals surface area contributed by atoms with Crippen LogP contribution < -0.4 is 15.4 Å². The van der Waals surface area contributed by atoms with Gasteiger partial charge in [0.25, 0.3) is 0 Å². The van der Waals surface area contributed by atoms with Crippen molar-refractivity contribution in [1.82, 2.24) is 10.6 Å². The average molecular weight is 669 g/mol. The monoisotopic (exact) mass is 668 g/mol. The number of hydrogen-bond acceptors (Lipinski definition) is 4. The lowest BCUT2D eigenvalue weighted by atomic mass is 9.92. The van der Waals surface area contributed by atoms with E-state index < -0.39 is 0 Å². The zero-order valence-electron chi connectivity index (χ0n) is 28.1. The molecule has 11 rings (SSSR count). The molecule has 9 aromatic rings. The lowest BCUT2D eigenvalue weighted by Gasteiger charge is -2.33. The van der Waals surface area contributed by atoms with Crippen LogP contribution in [0.2, 0.25) is 0 Å². The van der Waals surface area contributed by atoms with E-state index in [-0.39, 0.29) is 12.2 Å². The zero-order valence-corrected chi connectivity index (χ0v) is 28.1. The summed E-state index contributed by atoms with van der Waals surface area (Å²) in [7, 11) is 0. The van der Waals surface area contributed by atoms with E-state index in [0.717, 1.165) is 72.3 Å². The van der Waals surface area contributed by atoms with Crippen LogP contribution in [0.15, 0.2) is 180 Å². The zero-order chi connectivity index (χ0) is 34.2. The van der Waals surface area contributed by atoms with E-state index in [1.165, 1.54) is 27.3 Å². The fourth-order valence-electron chi connectivity index (χ4n) is 8.28. The Morgan fingerprint density at radius 2 is 1.17 bits per heavy atom. The van der Waals surface area contributed by atoms with Crippen molar-refractivity contribution < 1.29 is 9.15 Å². The lowest BCUT2D eigenvalue weighted by molar-refractivity contribution is 0.349. The van der Waals surface area contributed by atoms with Crippen LogP contribution in [0.5, 0.6) is 5.75 Å². The summed E-state index contributed by atoms with van der Waals surface area (Å²) in [6.45, 7) is 0. The first kappa shape index (κ1) is 29.1. The molecule has 2 aliphatic rings. The van der Waals surface area contributed by atoms with Crippen molar-refractivity contribution in [2.24, 2.45) is 0 Å². The molecule has 2 unspecified atom stereocenters. The van der Waals surface area contributed by atoms with Gasteiger partial charge in [-0.15, -0.1) is 0 Å². The summed E-state index contributed by atoms with van der Waals surface area (Å²) in [6.07, 6.45) is -0.226. The van der Waals surface area contributed by atoms with E-state index in [4.69, 9.17) is 9.15 Å². The molecule has 0 radical (unpaired) electrons. The van der Waals surface area contributed by atoms with Crippen molar-refractivity contribution in [3.63, 3.8) is 0 Å². The molecule has 2 aliphatic heterocycles. The van der Waals surface area contributed by atoms with Gasteiger partial charge in [0.2, 0.25) is 0 Å². The van der Waals surface area contributed by atoms with Gasteiger partial charge in [-0.25, -0.2) is 0 Å². The molecule has 2 atom stereocenters. The minimum atomic E-state index is -0.226. The van der Waals surface area contributed by atoms with Crippen LogP contribution in [0, 0.1) is 0 Å². The number of fused-ring (bicyclic) bond motifs is 8. The smallest absolute Gasteiger partial charge is 0.149 e. The highest BCUT2D eigenvalue weighted by molar-refractivity contribution is 6.15. The van der Waals surface area contributed by atoms with Crippen LogP contribution in [0.3, 0.4) is 0 Å². The summed E-state index contributed by atoms with van der Waals surface area (Å²) in [4.78, 5) is 0. The topological polar surface area (TPSA) is 46.4 Å². The number of rotatable bonds is 4. The van der Waals surface area contributed by atoms with Gasteiger partial charge in [0.1, 0.15) is 28.8 Å². The highest BCUT2D eigenvalue weighted by Gasteiger charge is 2.39. The van der Waals surface area contributed by atoms with Gasteiger partial charge < -0.3 is 14.5 Å². The van der Waals surface area contributed by atoms with Crippen molar-refractivity contribution in [1.29, 1.82) is 0 Å². The van der Waals surface area contributed by atoms with Crippen LogP contribution in [0.4, 0.5) is 0 Å². The molecule has 52 heavy (non-hydrogen) atoms. The van der Waals surface area contributed by atoms with Crippen LogP contribution in [0.25, 0.3) is 71.4 Å². The number of ether oxygens (including phenoxy) is 1. The maximum atomic E-state index is 6.91. The van der Waals surface area contributed by atoms with E-state index in [9.17, 15) is 0 Å². The Morgan fingerprint density at radius 3 is 2.02 bits per heavy atom. The Bertz CT molecular complexity index is 2880. The average Bonchev–Trinajstić information content (AvgIpc) is 3.78. The molecule has 4 nitrogen and oxygen atoms in total. The van der Waals surface area contributed by atoms with Crippen molar-refractivity contribution in [2.75, 3.05) is 0 Å². The third kappa shape index (κ3) is 4.51. The molecule has 8 aromatic carbocycles. The number of nitrogens with one attached hydrogen (secondary N) is 2. The molecule has 0 spiro atoms. The summed E-state index contributed by atoms with van der Waals surface area (Å²) in [5.74, 6) is 1.78. The standard InChI is InChI=1S/C48H32N2O2/c1-2-12-32(13-3-1)44-47-45(38-18-8-9-20-41(38)51-47)50-48(49-44)39-26-25-37(46-43(39)40-27-33-14-4-5-15-34(33)28-42(40)52-46)31-23-21-30(22-24-31)36-19-10-16-29-11-6-7-17-35(29)36/h1-28,45,48-50H. The second-order valence-electron chi connectivity index (χ2n) is 13.7. The fraction of sp³-hybridized carbons (Fsp3) is 0.0417. The molecule has 0 amide bonds. The van der Waals surface area contributed by atoms with Crippen molar-refractivity contribution in [3.8, 4) is 28.0 Å². The molecule has 3 heterocycles. The maximum Gasteiger partial charge on any atom is 0.149 e. The van der Waals surface area contributed by atoms with Crippen molar-refractivity contribution >= 4 is 49.2 Å². The van der Waals surface area contributed by atoms with Gasteiger partial charge in [0.15, 0.2) is 0 Å². The molecule has 0 saturated carbocycles. The van der Waals surface area contributed by atoms with Crippen LogP contribution in [-0.2, 0) is 0 Å². The van der Waals surface area contributed by atoms with Crippen LogP contribution in [0.1, 0.15) is 28.9 Å². The first-order valence-corrected chi connectivity index (χ1v) is 17.8. The number of para-hydroxylation sites is 1. The van der Waals surface area contributed by atoms with E-state index in [2.05, 4.69) is 162 Å². The minimum absolute atomic E-state index is 0.104. The molecule has 0 bridgehead atoms. The molecule has 0 saturated heterocycles. The quantitative estimate of drug-likeness (QED) is 0.196. The summed E-state index contributed by atoms with van der Waals surface area (Å²) in [5, 5.41) is 14.8. The van der Waals surface area contributed by atoms with Crippen LogP contribution in [-0.4, -0.2) is 0 Å². The normalized spacial score (nSPS) is 16.6. The molecule has 0 fully saturated rings. The van der Waals surface area contributed by atoms with E-state index >= 15 is 0 Å². The fourth-order valence-corrected chi connectivity index (χ4v) is 8.28. The Balaban J connectivity index is 1.09. The number of benzene rings is 8. The molecule has 2 N–H and O–H groups in total. The highest BCUT2D eigenvalue weighted by Crippen LogP contribution is 2.47. The van der Waals surface area contributed by atoms with Crippen molar-refractivity contribution in [2.45, 2.75) is 12.2 Å². The molecular weight excluding hydrogens is 637 g/mol. The van der Waals surface area contributed by atoms with Crippen molar-refractivity contribution in [3.05, 3.63) is 192 Å². The number of furan rings is 1. The van der Waals surface area contributed by atoms with E-state index in [1.54, 1.807) is 0 Å². The Hall–Kier alpha value is -6.62. The molecule has 1 aromatic heterocycles. The molecule has 246 valence electrons. The Labute approximate surface area is 300 Å². The Kier molecular flexibility index (Phi) is 6.42. The third-order valence-electron chi connectivity index (χ3n) is 10.8. The van der Waals surface area contributed by atoms with Gasteiger partial charge in [-0.05, 0) is 56.4 Å². The SMILES string of the molecule is c1ccc(C2=C3Oc4ccccc4C3NC(c3ccc(-c4ccc(-c5cccc6ccccc56)cc4)c4oc5cc6ccccc6cc5c34)N2)cc1. The van der Waals surface area contributed by atoms with Gasteiger partial charge >= 0.3 is 0 Å². The second-order valence-corrected chi connectivity index (χ2v) is 13.7. The summed E-state index contributed by atoms with van der Waals surface area (Å²) in [6, 6.07) is 60.1. The van der Waals surface area contributed by atoms with E-state index in [1.807, 2.05) is 18.2 Å². The lowest BCUT2D eigenvalue weighted by Crippen LogP contribution is -2.41. The highest BCUT2D eigenvalue weighted by atomic mass is 16.5. The molecule has 4 heteroatoms. The summed E-state index contributed by atoms with van der Waals surface area (Å²) in [5.41, 5.74) is 10.7. The molecule has 0 aliphatic carbocycles. The van der Waals surface area contributed by atoms with Gasteiger partial charge in [-0.2, -0.15) is 0 Å². The van der Waals surface area contributed by atoms with Crippen LogP contribution >= 0.6 is 0 Å². The van der Waals surface area contributed by atoms with Gasteiger partial charge in [0.05, 0.1) is 11.7 Å². The van der Waals surface area contributed by atoms with Gasteiger partial charge in [0, 0.05) is 33.0 Å². The maximum absolute atomic E-state index is 6.91. The van der Waals surface area contributed by atoms with E-state index in [0.29, 0.717) is 0 Å². The van der Waals surface area contributed by atoms with Gasteiger partial charge in [-0.1, -0.05) is 152 Å². The summed E-state index contributed by atoms with van der Waals surface area (Å²) < 4.78 is 13.4. The first-order chi connectivity index (χ1) is 25.8. The van der Waals surface area contributed by atoms with Gasteiger partial charge in [-0.3, -0.25) is 5.32 Å². The first-order valence-electron chi connectivity index (χ1n) is 17.8. The predicted molar refractivity (Wildman–Crippen MR) is 212 cm³/mol.